The quantitative estimate of drug-likeness (QED) is 0.692. The summed E-state index contributed by atoms with van der Waals surface area (Å²) in [5.74, 6) is 0. The van der Waals surface area contributed by atoms with Crippen molar-refractivity contribution in [2.24, 2.45) is 4.99 Å². The first-order chi connectivity index (χ1) is 11.2. The van der Waals surface area contributed by atoms with E-state index in [0.717, 1.165) is 0 Å². The third kappa shape index (κ3) is 2.78. The van der Waals surface area contributed by atoms with Gasteiger partial charge in [0.1, 0.15) is 11.2 Å². The number of rotatable bonds is 4. The number of aromatic nitrogens is 4. The average molecular weight is 305 g/mol. The predicted octanol–water partition coefficient (Wildman–Crippen LogP) is 2.11. The molecule has 3 aromatic heterocycles. The number of hydrogen-bond acceptors (Lipinski definition) is 5. The molecule has 0 aliphatic carbocycles. The van der Waals surface area contributed by atoms with Crippen LogP contribution in [-0.4, -0.2) is 32.5 Å². The zero-order valence-electron chi connectivity index (χ0n) is 12.7. The Morgan fingerprint density at radius 2 is 2.09 bits per heavy atom. The van der Waals surface area contributed by atoms with Crippen molar-refractivity contribution < 1.29 is 0 Å². The molecule has 0 unspecified atom stereocenters. The molecule has 3 heterocycles. The van der Waals surface area contributed by atoms with E-state index in [-0.39, 0.29) is 12.1 Å². The highest BCUT2D eigenvalue weighted by Crippen LogP contribution is 2.20. The van der Waals surface area contributed by atoms with Crippen molar-refractivity contribution in [3.63, 3.8) is 0 Å². The van der Waals surface area contributed by atoms with Crippen LogP contribution >= 0.6 is 0 Å². The van der Waals surface area contributed by atoms with Gasteiger partial charge < -0.3 is 0 Å². The summed E-state index contributed by atoms with van der Waals surface area (Å²) in [7, 11) is 1.66. The van der Waals surface area contributed by atoms with E-state index in [1.54, 1.807) is 37.7 Å². The number of fused-ring (bicyclic) bond motifs is 1. The van der Waals surface area contributed by atoms with Crippen LogP contribution in [0.2, 0.25) is 0 Å². The molecule has 0 N–H and O–H groups in total. The third-order valence-corrected chi connectivity index (χ3v) is 3.46. The minimum absolute atomic E-state index is 0.212. The maximum atomic E-state index is 12.6. The molecular weight excluding hydrogens is 290 g/mol. The van der Waals surface area contributed by atoms with Crippen molar-refractivity contribution in [1.29, 1.82) is 0 Å². The Labute approximate surface area is 132 Å². The molecule has 0 amide bonds. The molecule has 0 fully saturated rings. The molecule has 0 radical (unpaired) electrons. The van der Waals surface area contributed by atoms with Crippen LogP contribution in [0.4, 0.5) is 0 Å². The topological polar surface area (TPSA) is 73.0 Å². The van der Waals surface area contributed by atoms with E-state index in [4.69, 9.17) is 0 Å². The van der Waals surface area contributed by atoms with E-state index in [9.17, 15) is 4.79 Å². The molecule has 114 valence electrons. The second-order valence-corrected chi connectivity index (χ2v) is 4.85. The van der Waals surface area contributed by atoms with Gasteiger partial charge in [0, 0.05) is 19.4 Å². The van der Waals surface area contributed by atoms with Crippen LogP contribution in [0.15, 0.2) is 65.2 Å². The molecule has 0 aliphatic heterocycles. The van der Waals surface area contributed by atoms with Gasteiger partial charge in [0.25, 0.3) is 5.56 Å². The molecule has 0 saturated heterocycles. The summed E-state index contributed by atoms with van der Waals surface area (Å²) in [6.45, 7) is 3.96. The highest BCUT2D eigenvalue weighted by Gasteiger charge is 2.14. The molecule has 6 nitrogen and oxygen atoms in total. The molecule has 0 saturated carbocycles. The highest BCUT2D eigenvalue weighted by molar-refractivity contribution is 5.94. The van der Waals surface area contributed by atoms with E-state index >= 15 is 0 Å². The van der Waals surface area contributed by atoms with Gasteiger partial charge in [-0.3, -0.25) is 19.8 Å². The van der Waals surface area contributed by atoms with Gasteiger partial charge in [-0.15, -0.1) is 0 Å². The second kappa shape index (κ2) is 6.31. The van der Waals surface area contributed by atoms with E-state index in [0.29, 0.717) is 28.0 Å². The van der Waals surface area contributed by atoms with Crippen molar-refractivity contribution in [3.05, 3.63) is 65.7 Å². The maximum Gasteiger partial charge on any atom is 0.276 e. The zero-order valence-corrected chi connectivity index (χ0v) is 12.7. The van der Waals surface area contributed by atoms with Crippen LogP contribution in [0, 0.1) is 0 Å². The molecule has 0 aromatic carbocycles. The largest absolute Gasteiger partial charge is 0.291 e. The molecule has 3 aromatic rings. The monoisotopic (exact) mass is 305 g/mol. The van der Waals surface area contributed by atoms with Crippen molar-refractivity contribution in [1.82, 2.24) is 19.7 Å². The van der Waals surface area contributed by atoms with Crippen molar-refractivity contribution >= 4 is 16.6 Å². The lowest BCUT2D eigenvalue weighted by Gasteiger charge is -2.10. The van der Waals surface area contributed by atoms with Crippen LogP contribution < -0.4 is 5.56 Å². The molecule has 23 heavy (non-hydrogen) atoms. The summed E-state index contributed by atoms with van der Waals surface area (Å²) in [6, 6.07) is 9.02. The zero-order chi connectivity index (χ0) is 16.2. The lowest BCUT2D eigenvalue weighted by Crippen LogP contribution is -2.27. The van der Waals surface area contributed by atoms with Crippen LogP contribution in [0.1, 0.15) is 0 Å². The van der Waals surface area contributed by atoms with Crippen LogP contribution in [0.5, 0.6) is 0 Å². The van der Waals surface area contributed by atoms with Gasteiger partial charge >= 0.3 is 0 Å². The average Bonchev–Trinajstić information content (AvgIpc) is 2.62. The third-order valence-electron chi connectivity index (χ3n) is 3.46. The van der Waals surface area contributed by atoms with E-state index in [2.05, 4.69) is 26.6 Å². The first-order valence-electron chi connectivity index (χ1n) is 7.10. The predicted molar refractivity (Wildman–Crippen MR) is 90.6 cm³/mol. The van der Waals surface area contributed by atoms with Gasteiger partial charge in [0.2, 0.25) is 0 Å². The smallest absolute Gasteiger partial charge is 0.276 e. The Bertz CT molecular complexity index is 944. The fourth-order valence-corrected chi connectivity index (χ4v) is 2.28. The molecule has 0 bridgehead atoms. The van der Waals surface area contributed by atoms with E-state index in [1.165, 1.54) is 4.68 Å². The summed E-state index contributed by atoms with van der Waals surface area (Å²) in [6.07, 6.45) is 4.94. The summed E-state index contributed by atoms with van der Waals surface area (Å²) in [5.41, 5.74) is 2.24. The van der Waals surface area contributed by atoms with E-state index in [1.807, 2.05) is 18.2 Å². The molecule has 0 aliphatic rings. The standard InChI is InChI=1S/C17H15N5O/c1-3-12(18-2)11-22-17(23)13-7-6-10-20-15(13)16(21-22)14-8-4-5-9-19-14/h3-10H,1,11H2,2H3. The molecule has 3 rings (SSSR count). The minimum Gasteiger partial charge on any atom is -0.291 e. The van der Waals surface area contributed by atoms with E-state index < -0.39 is 0 Å². The Morgan fingerprint density at radius 3 is 2.78 bits per heavy atom. The second-order valence-electron chi connectivity index (χ2n) is 4.85. The van der Waals surface area contributed by atoms with Crippen molar-refractivity contribution in [3.8, 4) is 11.4 Å². The van der Waals surface area contributed by atoms with Gasteiger partial charge in [0.05, 0.1) is 23.3 Å². The molecule has 0 atom stereocenters. The van der Waals surface area contributed by atoms with Crippen LogP contribution in [0.3, 0.4) is 0 Å². The fraction of sp³-hybridized carbons (Fsp3) is 0.118. The number of allylic oxidation sites excluding steroid dienone is 1. The van der Waals surface area contributed by atoms with Gasteiger partial charge in [0.15, 0.2) is 0 Å². The SMILES string of the molecule is C=CC(Cn1nc(-c2ccccn2)c2ncccc2c1=O)=NC. The Balaban J connectivity index is 2.29. The number of hydrogen-bond donors (Lipinski definition) is 0. The molecule has 0 spiro atoms. The maximum absolute atomic E-state index is 12.6. The van der Waals surface area contributed by atoms with Gasteiger partial charge in [-0.2, -0.15) is 5.10 Å². The van der Waals surface area contributed by atoms with Gasteiger partial charge in [-0.05, 0) is 30.3 Å². The molecular formula is C17H15N5O. The lowest BCUT2D eigenvalue weighted by molar-refractivity contribution is 0.682. The van der Waals surface area contributed by atoms with Gasteiger partial charge in [-0.25, -0.2) is 4.68 Å². The number of aliphatic imine (C=N–C) groups is 1. The summed E-state index contributed by atoms with van der Waals surface area (Å²) in [4.78, 5) is 25.4. The first-order valence-corrected chi connectivity index (χ1v) is 7.10. The van der Waals surface area contributed by atoms with Crippen LogP contribution in [-0.2, 0) is 6.54 Å². The van der Waals surface area contributed by atoms with Gasteiger partial charge in [-0.1, -0.05) is 12.6 Å². The van der Waals surface area contributed by atoms with Crippen molar-refractivity contribution in [2.75, 3.05) is 7.05 Å². The summed E-state index contributed by atoms with van der Waals surface area (Å²) < 4.78 is 1.37. The summed E-state index contributed by atoms with van der Waals surface area (Å²) in [5, 5.41) is 4.96. The lowest BCUT2D eigenvalue weighted by atomic mass is 10.2. The van der Waals surface area contributed by atoms with Crippen LogP contribution in [0.25, 0.3) is 22.3 Å². The summed E-state index contributed by atoms with van der Waals surface area (Å²) >= 11 is 0. The molecule has 6 heteroatoms. The number of pyridine rings is 2. The Kier molecular flexibility index (Phi) is 4.05. The Morgan fingerprint density at radius 1 is 1.26 bits per heavy atom. The minimum atomic E-state index is -0.212. The Hall–Kier alpha value is -3.15. The van der Waals surface area contributed by atoms with Crippen molar-refractivity contribution in [2.45, 2.75) is 6.54 Å². The number of nitrogens with zero attached hydrogens (tertiary/aromatic N) is 5. The fourth-order valence-electron chi connectivity index (χ4n) is 2.28. The normalized spacial score (nSPS) is 11.6. The highest BCUT2D eigenvalue weighted by atomic mass is 16.1. The first kappa shape index (κ1) is 14.8.